The lowest BCUT2D eigenvalue weighted by atomic mass is 9.92. The van der Waals surface area contributed by atoms with Crippen molar-refractivity contribution >= 4 is 5.91 Å². The number of nitrogens with one attached hydrogen (secondary N) is 1. The van der Waals surface area contributed by atoms with Gasteiger partial charge in [0.2, 0.25) is 0 Å². The molecule has 1 aliphatic rings. The van der Waals surface area contributed by atoms with Crippen molar-refractivity contribution in [3.63, 3.8) is 0 Å². The fourth-order valence-electron chi connectivity index (χ4n) is 3.05. The van der Waals surface area contributed by atoms with Crippen LogP contribution in [0.3, 0.4) is 0 Å². The molecule has 0 radical (unpaired) electrons. The Hall–Kier alpha value is -2.56. The van der Waals surface area contributed by atoms with E-state index in [1.54, 1.807) is 19.4 Å². The van der Waals surface area contributed by atoms with Crippen LogP contribution in [-0.4, -0.2) is 30.6 Å². The molecule has 1 N–H and O–H groups in total. The molecule has 2 aromatic rings. The van der Waals surface area contributed by atoms with Gasteiger partial charge in [-0.2, -0.15) is 0 Å². The number of rotatable bonds is 5. The van der Waals surface area contributed by atoms with E-state index in [1.807, 2.05) is 32.0 Å². The smallest absolute Gasteiger partial charge is 0.251 e. The molecule has 132 valence electrons. The van der Waals surface area contributed by atoms with Crippen molar-refractivity contribution in [2.75, 3.05) is 13.7 Å². The second kappa shape index (κ2) is 7.55. The Kier molecular flexibility index (Phi) is 5.22. The maximum absolute atomic E-state index is 12.1. The molecule has 0 saturated heterocycles. The number of nitrogens with zero attached hydrogens (tertiary/aromatic N) is 1. The first-order valence-corrected chi connectivity index (χ1v) is 8.60. The third-order valence-electron chi connectivity index (χ3n) is 4.25. The number of methoxy groups -OCH3 is 1. The molecule has 3 rings (SSSR count). The van der Waals surface area contributed by atoms with E-state index < -0.39 is 0 Å². The van der Waals surface area contributed by atoms with Crippen molar-refractivity contribution in [1.29, 1.82) is 0 Å². The summed E-state index contributed by atoms with van der Waals surface area (Å²) in [6.45, 7) is 4.54. The number of hydrogen-bond acceptors (Lipinski definition) is 4. The van der Waals surface area contributed by atoms with E-state index in [-0.39, 0.29) is 11.9 Å². The van der Waals surface area contributed by atoms with E-state index in [0.29, 0.717) is 18.1 Å². The van der Waals surface area contributed by atoms with Gasteiger partial charge in [-0.05, 0) is 50.5 Å². The van der Waals surface area contributed by atoms with Gasteiger partial charge in [0.1, 0.15) is 11.5 Å². The van der Waals surface area contributed by atoms with Crippen molar-refractivity contribution < 1.29 is 14.3 Å². The van der Waals surface area contributed by atoms with Gasteiger partial charge in [0.05, 0.1) is 13.7 Å². The highest BCUT2D eigenvalue weighted by atomic mass is 16.5. The van der Waals surface area contributed by atoms with Crippen LogP contribution in [0, 0.1) is 5.92 Å². The lowest BCUT2D eigenvalue weighted by molar-refractivity contribution is 0.0943. The summed E-state index contributed by atoms with van der Waals surface area (Å²) in [7, 11) is 1.65. The van der Waals surface area contributed by atoms with Crippen molar-refractivity contribution in [1.82, 2.24) is 10.3 Å². The van der Waals surface area contributed by atoms with E-state index in [1.165, 1.54) is 5.56 Å². The predicted molar refractivity (Wildman–Crippen MR) is 96.2 cm³/mol. The molecule has 0 aliphatic carbocycles. The summed E-state index contributed by atoms with van der Waals surface area (Å²) >= 11 is 0. The Bertz CT molecular complexity index is 758. The lowest BCUT2D eigenvalue weighted by Gasteiger charge is -2.25. The van der Waals surface area contributed by atoms with E-state index >= 15 is 0 Å². The highest BCUT2D eigenvalue weighted by Crippen LogP contribution is 2.32. The van der Waals surface area contributed by atoms with Crippen LogP contribution in [0.4, 0.5) is 0 Å². The summed E-state index contributed by atoms with van der Waals surface area (Å²) in [5.74, 6) is 1.99. The Labute approximate surface area is 148 Å². The highest BCUT2D eigenvalue weighted by Gasteiger charge is 2.21. The molecule has 2 heterocycles. The first-order chi connectivity index (χ1) is 12.0. The van der Waals surface area contributed by atoms with Crippen LogP contribution in [0.25, 0.3) is 0 Å². The van der Waals surface area contributed by atoms with E-state index in [0.717, 1.165) is 30.0 Å². The molecule has 1 aromatic heterocycles. The number of benzene rings is 1. The highest BCUT2D eigenvalue weighted by molar-refractivity contribution is 5.94. The van der Waals surface area contributed by atoms with Crippen molar-refractivity contribution in [3.8, 4) is 11.5 Å². The Balaban J connectivity index is 1.68. The number of carbonyl (C=O) groups is 1. The molecule has 25 heavy (non-hydrogen) atoms. The van der Waals surface area contributed by atoms with Gasteiger partial charge in [-0.3, -0.25) is 9.78 Å². The maximum Gasteiger partial charge on any atom is 0.251 e. The Morgan fingerprint density at radius 1 is 1.36 bits per heavy atom. The topological polar surface area (TPSA) is 60.5 Å². The minimum Gasteiger partial charge on any atom is -0.497 e. The number of carbonyl (C=O) groups excluding carboxylic acids is 1. The monoisotopic (exact) mass is 340 g/mol. The average Bonchev–Trinajstić information content (AvgIpc) is 2.61. The molecular formula is C20H24N2O3. The molecule has 0 fully saturated rings. The minimum absolute atomic E-state index is 0.0593. The molecule has 1 unspecified atom stereocenters. The number of fused-ring (bicyclic) bond motifs is 1. The molecule has 1 amide bonds. The third kappa shape index (κ3) is 4.29. The largest absolute Gasteiger partial charge is 0.497 e. The Morgan fingerprint density at radius 3 is 2.96 bits per heavy atom. The first kappa shape index (κ1) is 17.3. The molecule has 1 atom stereocenters. The van der Waals surface area contributed by atoms with Gasteiger partial charge in [-0.1, -0.05) is 6.07 Å². The van der Waals surface area contributed by atoms with E-state index in [2.05, 4.69) is 16.4 Å². The summed E-state index contributed by atoms with van der Waals surface area (Å²) in [5, 5.41) is 2.91. The van der Waals surface area contributed by atoms with Gasteiger partial charge in [0.25, 0.3) is 5.91 Å². The zero-order chi connectivity index (χ0) is 17.8. The van der Waals surface area contributed by atoms with Crippen LogP contribution in [-0.2, 0) is 12.8 Å². The van der Waals surface area contributed by atoms with Gasteiger partial charge in [-0.15, -0.1) is 0 Å². The van der Waals surface area contributed by atoms with Gasteiger partial charge in [-0.25, -0.2) is 0 Å². The van der Waals surface area contributed by atoms with Gasteiger partial charge >= 0.3 is 0 Å². The summed E-state index contributed by atoms with van der Waals surface area (Å²) in [6, 6.07) is 9.69. The fraction of sp³-hybridized carbons (Fsp3) is 0.400. The molecule has 1 aromatic carbocycles. The van der Waals surface area contributed by atoms with Crippen molar-refractivity contribution in [3.05, 3.63) is 53.3 Å². The van der Waals surface area contributed by atoms with Crippen LogP contribution in [0.1, 0.15) is 35.5 Å². The summed E-state index contributed by atoms with van der Waals surface area (Å²) in [6.07, 6.45) is 3.42. The lowest BCUT2D eigenvalue weighted by Crippen LogP contribution is -2.30. The Morgan fingerprint density at radius 2 is 2.20 bits per heavy atom. The number of ether oxygens (including phenoxy) is 2. The number of amides is 1. The van der Waals surface area contributed by atoms with Crippen LogP contribution in [0.5, 0.6) is 11.5 Å². The summed E-state index contributed by atoms with van der Waals surface area (Å²) in [4.78, 5) is 16.6. The molecule has 5 heteroatoms. The standard InChI is InChI=1S/C20H24N2O3/c1-13(2)22-20(23)16-6-7-21-17(10-16)9-14-8-15-4-5-18(24-3)11-19(15)25-12-14/h4-7,10-11,13-14H,8-9,12H2,1-3H3,(H,22,23). The zero-order valence-corrected chi connectivity index (χ0v) is 14.9. The maximum atomic E-state index is 12.1. The first-order valence-electron chi connectivity index (χ1n) is 8.60. The second-order valence-corrected chi connectivity index (χ2v) is 6.72. The fourth-order valence-corrected chi connectivity index (χ4v) is 3.05. The SMILES string of the molecule is COc1ccc2c(c1)OCC(Cc1cc(C(=O)NC(C)C)ccn1)C2. The molecule has 1 aliphatic heterocycles. The molecule has 0 spiro atoms. The predicted octanol–water partition coefficient (Wildman–Crippen LogP) is 3.02. The average molecular weight is 340 g/mol. The van der Waals surface area contributed by atoms with Crippen LogP contribution < -0.4 is 14.8 Å². The van der Waals surface area contributed by atoms with Crippen LogP contribution in [0.2, 0.25) is 0 Å². The number of aromatic nitrogens is 1. The number of pyridine rings is 1. The summed E-state index contributed by atoms with van der Waals surface area (Å²) < 4.78 is 11.1. The third-order valence-corrected chi connectivity index (χ3v) is 4.25. The second-order valence-electron chi connectivity index (χ2n) is 6.72. The zero-order valence-electron chi connectivity index (χ0n) is 14.9. The normalized spacial score (nSPS) is 16.1. The van der Waals surface area contributed by atoms with E-state index in [9.17, 15) is 4.79 Å². The minimum atomic E-state index is -0.0593. The van der Waals surface area contributed by atoms with Gasteiger partial charge in [0, 0.05) is 35.5 Å². The molecular weight excluding hydrogens is 316 g/mol. The van der Waals surface area contributed by atoms with Crippen LogP contribution >= 0.6 is 0 Å². The van der Waals surface area contributed by atoms with Gasteiger partial charge in [0.15, 0.2) is 0 Å². The van der Waals surface area contributed by atoms with Gasteiger partial charge < -0.3 is 14.8 Å². The number of hydrogen-bond donors (Lipinski definition) is 1. The molecule has 0 bridgehead atoms. The summed E-state index contributed by atoms with van der Waals surface area (Å²) in [5.41, 5.74) is 2.76. The van der Waals surface area contributed by atoms with Crippen molar-refractivity contribution in [2.45, 2.75) is 32.7 Å². The van der Waals surface area contributed by atoms with Crippen molar-refractivity contribution in [2.24, 2.45) is 5.92 Å². The van der Waals surface area contributed by atoms with Crippen LogP contribution in [0.15, 0.2) is 36.5 Å². The quantitative estimate of drug-likeness (QED) is 0.909. The van der Waals surface area contributed by atoms with E-state index in [4.69, 9.17) is 9.47 Å². The molecule has 0 saturated carbocycles. The molecule has 5 nitrogen and oxygen atoms in total.